The Labute approximate surface area is 149 Å². The van der Waals surface area contributed by atoms with E-state index >= 15 is 0 Å². The van der Waals surface area contributed by atoms with Gasteiger partial charge in [-0.3, -0.25) is 9.59 Å². The van der Waals surface area contributed by atoms with E-state index in [1.807, 2.05) is 0 Å². The first-order chi connectivity index (χ1) is 12.0. The van der Waals surface area contributed by atoms with Crippen LogP contribution in [-0.4, -0.2) is 15.3 Å². The number of nitrogens with one attached hydrogen (secondary N) is 1. The number of carbonyl (C=O) groups excluding carboxylic acids is 1. The fourth-order valence-corrected chi connectivity index (χ4v) is 3.73. The standard InChI is InChI=1S/C17H9ClFN3O2S/c18-11-4-2-1-3-10(11)15(23)21-12-8-20-17-22(16(12)24)13-6-5-9(19)7-14(13)25-17/h1-8H,(H,21,23). The number of fused-ring (bicyclic) bond motifs is 3. The second-order valence-corrected chi connectivity index (χ2v) is 6.66. The van der Waals surface area contributed by atoms with E-state index in [2.05, 4.69) is 10.3 Å². The Morgan fingerprint density at radius 1 is 1.24 bits per heavy atom. The average molecular weight is 374 g/mol. The van der Waals surface area contributed by atoms with Crippen LogP contribution < -0.4 is 10.9 Å². The van der Waals surface area contributed by atoms with Gasteiger partial charge in [-0.05, 0) is 30.3 Å². The molecule has 5 nitrogen and oxygen atoms in total. The lowest BCUT2D eigenvalue weighted by atomic mass is 10.2. The molecule has 0 aliphatic carbocycles. The van der Waals surface area contributed by atoms with Crippen LogP contribution in [0.15, 0.2) is 53.5 Å². The molecule has 1 N–H and O–H groups in total. The molecule has 4 rings (SSSR count). The lowest BCUT2D eigenvalue weighted by molar-refractivity contribution is 0.102. The van der Waals surface area contributed by atoms with Gasteiger partial charge in [0.25, 0.3) is 11.5 Å². The molecule has 0 aliphatic rings. The Hall–Kier alpha value is -2.77. The third-order valence-corrected chi connectivity index (χ3v) is 5.01. The van der Waals surface area contributed by atoms with Crippen LogP contribution in [0.4, 0.5) is 10.1 Å². The minimum Gasteiger partial charge on any atom is -0.316 e. The highest BCUT2D eigenvalue weighted by atomic mass is 35.5. The molecule has 124 valence electrons. The van der Waals surface area contributed by atoms with E-state index < -0.39 is 11.5 Å². The Morgan fingerprint density at radius 3 is 2.84 bits per heavy atom. The van der Waals surface area contributed by atoms with Gasteiger partial charge in [-0.15, -0.1) is 0 Å². The van der Waals surface area contributed by atoms with Gasteiger partial charge in [-0.1, -0.05) is 35.1 Å². The van der Waals surface area contributed by atoms with Crippen molar-refractivity contribution >= 4 is 49.7 Å². The van der Waals surface area contributed by atoms with Gasteiger partial charge in [0, 0.05) is 0 Å². The van der Waals surface area contributed by atoms with Crippen molar-refractivity contribution < 1.29 is 9.18 Å². The average Bonchev–Trinajstić information content (AvgIpc) is 2.95. The van der Waals surface area contributed by atoms with E-state index in [0.717, 1.165) is 0 Å². The molecule has 0 atom stereocenters. The number of halogens is 2. The van der Waals surface area contributed by atoms with Gasteiger partial charge in [0.1, 0.15) is 11.5 Å². The maximum absolute atomic E-state index is 13.4. The number of nitrogens with zero attached hydrogens (tertiary/aromatic N) is 2. The van der Waals surface area contributed by atoms with Crippen molar-refractivity contribution in [2.24, 2.45) is 0 Å². The molecule has 0 aliphatic heterocycles. The maximum atomic E-state index is 13.4. The van der Waals surface area contributed by atoms with Crippen molar-refractivity contribution in [1.82, 2.24) is 9.38 Å². The van der Waals surface area contributed by atoms with Crippen molar-refractivity contribution in [3.05, 3.63) is 75.4 Å². The zero-order valence-corrected chi connectivity index (χ0v) is 14.1. The monoisotopic (exact) mass is 373 g/mol. The largest absolute Gasteiger partial charge is 0.316 e. The first-order valence-electron chi connectivity index (χ1n) is 7.20. The van der Waals surface area contributed by atoms with E-state index in [1.54, 1.807) is 24.3 Å². The molecule has 0 unspecified atom stereocenters. The molecule has 8 heteroatoms. The SMILES string of the molecule is O=C(Nc1cnc2sc3cc(F)ccc3n2c1=O)c1ccccc1Cl. The molecule has 2 heterocycles. The van der Waals surface area contributed by atoms with E-state index in [9.17, 15) is 14.0 Å². The summed E-state index contributed by atoms with van der Waals surface area (Å²) >= 11 is 7.20. The summed E-state index contributed by atoms with van der Waals surface area (Å²) in [6, 6.07) is 10.7. The van der Waals surface area contributed by atoms with Crippen molar-refractivity contribution in [2.75, 3.05) is 5.32 Å². The van der Waals surface area contributed by atoms with Crippen molar-refractivity contribution in [2.45, 2.75) is 0 Å². The second kappa shape index (κ2) is 5.94. The lowest BCUT2D eigenvalue weighted by Crippen LogP contribution is -2.22. The van der Waals surface area contributed by atoms with E-state index in [0.29, 0.717) is 15.2 Å². The minimum absolute atomic E-state index is 0.0199. The number of anilines is 1. The summed E-state index contributed by atoms with van der Waals surface area (Å²) in [7, 11) is 0. The molecule has 0 bridgehead atoms. The van der Waals surface area contributed by atoms with Crippen molar-refractivity contribution in [3.63, 3.8) is 0 Å². The number of carbonyl (C=O) groups is 1. The van der Waals surface area contributed by atoms with E-state index in [4.69, 9.17) is 11.6 Å². The van der Waals surface area contributed by atoms with Crippen LogP contribution in [0.1, 0.15) is 10.4 Å². The quantitative estimate of drug-likeness (QED) is 0.578. The third-order valence-electron chi connectivity index (χ3n) is 3.66. The first kappa shape index (κ1) is 15.7. The van der Waals surface area contributed by atoms with Crippen LogP contribution >= 0.6 is 22.9 Å². The Bertz CT molecular complexity index is 1200. The Morgan fingerprint density at radius 2 is 2.04 bits per heavy atom. The van der Waals surface area contributed by atoms with Crippen LogP contribution in [-0.2, 0) is 0 Å². The molecule has 0 radical (unpaired) electrons. The van der Waals surface area contributed by atoms with Gasteiger partial charge < -0.3 is 5.32 Å². The van der Waals surface area contributed by atoms with Crippen LogP contribution in [0.2, 0.25) is 5.02 Å². The topological polar surface area (TPSA) is 63.5 Å². The fraction of sp³-hybridized carbons (Fsp3) is 0. The number of amides is 1. The minimum atomic E-state index is -0.505. The van der Waals surface area contributed by atoms with Crippen LogP contribution in [0.3, 0.4) is 0 Å². The van der Waals surface area contributed by atoms with Crippen molar-refractivity contribution in [3.8, 4) is 0 Å². The second-order valence-electron chi connectivity index (χ2n) is 5.24. The van der Waals surface area contributed by atoms with Crippen LogP contribution in [0.25, 0.3) is 15.2 Å². The van der Waals surface area contributed by atoms with Gasteiger partial charge in [-0.25, -0.2) is 13.8 Å². The Kier molecular flexibility index (Phi) is 3.74. The fourth-order valence-electron chi connectivity index (χ4n) is 2.50. The zero-order chi connectivity index (χ0) is 17.6. The molecule has 2 aromatic heterocycles. The normalized spacial score (nSPS) is 11.1. The molecule has 25 heavy (non-hydrogen) atoms. The molecular formula is C17H9ClFN3O2S. The number of hydrogen-bond acceptors (Lipinski definition) is 4. The number of hydrogen-bond donors (Lipinski definition) is 1. The van der Waals surface area contributed by atoms with Crippen LogP contribution in [0, 0.1) is 5.82 Å². The van der Waals surface area contributed by atoms with Crippen molar-refractivity contribution in [1.29, 1.82) is 0 Å². The summed E-state index contributed by atoms with van der Waals surface area (Å²) in [6.07, 6.45) is 1.29. The smallest absolute Gasteiger partial charge is 0.282 e. The van der Waals surface area contributed by atoms with E-state index in [1.165, 1.54) is 40.1 Å². The van der Waals surface area contributed by atoms with Gasteiger partial charge in [0.15, 0.2) is 4.96 Å². The van der Waals surface area contributed by atoms with Gasteiger partial charge in [-0.2, -0.15) is 0 Å². The molecule has 4 aromatic rings. The predicted octanol–water partition coefficient (Wildman–Crippen LogP) is 3.95. The molecule has 0 spiro atoms. The highest BCUT2D eigenvalue weighted by Crippen LogP contribution is 2.25. The summed E-state index contributed by atoms with van der Waals surface area (Å²) in [5.41, 5.74) is 0.369. The van der Waals surface area contributed by atoms with Gasteiger partial charge in [0.2, 0.25) is 0 Å². The summed E-state index contributed by atoms with van der Waals surface area (Å²) in [4.78, 5) is 29.7. The summed E-state index contributed by atoms with van der Waals surface area (Å²) in [5.74, 6) is -0.894. The van der Waals surface area contributed by atoms with Gasteiger partial charge >= 0.3 is 0 Å². The highest BCUT2D eigenvalue weighted by Gasteiger charge is 2.15. The predicted molar refractivity (Wildman–Crippen MR) is 96.2 cm³/mol. The molecule has 0 fully saturated rings. The molecular weight excluding hydrogens is 365 g/mol. The molecule has 0 saturated heterocycles. The van der Waals surface area contributed by atoms with Gasteiger partial charge in [0.05, 0.1) is 27.0 Å². The lowest BCUT2D eigenvalue weighted by Gasteiger charge is -2.06. The number of benzene rings is 2. The molecule has 0 saturated carbocycles. The summed E-state index contributed by atoms with van der Waals surface area (Å²) in [5, 5.41) is 2.82. The summed E-state index contributed by atoms with van der Waals surface area (Å²) < 4.78 is 15.3. The molecule has 2 aromatic carbocycles. The Balaban J connectivity index is 1.82. The molecule has 1 amide bonds. The first-order valence-corrected chi connectivity index (χ1v) is 8.40. The number of thiazole rings is 1. The van der Waals surface area contributed by atoms with E-state index in [-0.39, 0.29) is 22.1 Å². The number of aromatic nitrogens is 2. The maximum Gasteiger partial charge on any atom is 0.282 e. The zero-order valence-electron chi connectivity index (χ0n) is 12.5. The highest BCUT2D eigenvalue weighted by molar-refractivity contribution is 7.23. The number of rotatable bonds is 2. The van der Waals surface area contributed by atoms with Crippen LogP contribution in [0.5, 0.6) is 0 Å². The third kappa shape index (κ3) is 2.67. The summed E-state index contributed by atoms with van der Waals surface area (Å²) in [6.45, 7) is 0.